The van der Waals surface area contributed by atoms with Crippen molar-refractivity contribution in [2.24, 2.45) is 0 Å². The minimum atomic E-state index is 0.255. The molecule has 104 valence electrons. The van der Waals surface area contributed by atoms with Gasteiger partial charge in [0.05, 0.1) is 17.7 Å². The molecule has 0 aliphatic carbocycles. The van der Waals surface area contributed by atoms with Gasteiger partial charge >= 0.3 is 0 Å². The molecule has 0 bridgehead atoms. The van der Waals surface area contributed by atoms with Gasteiger partial charge in [-0.1, -0.05) is 18.2 Å². The fourth-order valence-corrected chi connectivity index (χ4v) is 2.21. The summed E-state index contributed by atoms with van der Waals surface area (Å²) in [6, 6.07) is 12.3. The third-order valence-electron chi connectivity index (χ3n) is 3.26. The van der Waals surface area contributed by atoms with Crippen molar-refractivity contribution >= 4 is 16.7 Å². The maximum Gasteiger partial charge on any atom is 0.147 e. The first kappa shape index (κ1) is 14.3. The fourth-order valence-electron chi connectivity index (χ4n) is 2.21. The van der Waals surface area contributed by atoms with Gasteiger partial charge < -0.3 is 9.64 Å². The standard InChI is InChI=1S/C16H19N3O/c1-12(2)19(8-9-20-3)16-14(11-17)10-13-6-4-5-7-15(13)18-16/h4-7,10,12H,8-9H2,1-3H3. The molecule has 2 rings (SSSR count). The molecule has 0 aliphatic heterocycles. The fraction of sp³-hybridized carbons (Fsp3) is 0.375. The van der Waals surface area contributed by atoms with Crippen molar-refractivity contribution < 1.29 is 4.74 Å². The molecule has 20 heavy (non-hydrogen) atoms. The maximum absolute atomic E-state index is 9.39. The van der Waals surface area contributed by atoms with Crippen molar-refractivity contribution in [3.05, 3.63) is 35.9 Å². The predicted octanol–water partition coefficient (Wildman–Crippen LogP) is 2.97. The smallest absolute Gasteiger partial charge is 0.147 e. The summed E-state index contributed by atoms with van der Waals surface area (Å²) in [6.45, 7) is 5.51. The molecular formula is C16H19N3O. The quantitative estimate of drug-likeness (QED) is 0.837. The number of rotatable bonds is 5. The van der Waals surface area contributed by atoms with Crippen LogP contribution in [-0.2, 0) is 4.74 Å². The van der Waals surface area contributed by atoms with E-state index in [1.54, 1.807) is 7.11 Å². The maximum atomic E-state index is 9.39. The van der Waals surface area contributed by atoms with E-state index in [0.717, 1.165) is 16.7 Å². The average molecular weight is 269 g/mol. The molecule has 0 amide bonds. The van der Waals surface area contributed by atoms with E-state index in [-0.39, 0.29) is 6.04 Å². The summed E-state index contributed by atoms with van der Waals surface area (Å²) in [6.07, 6.45) is 0. The summed E-state index contributed by atoms with van der Waals surface area (Å²) in [5, 5.41) is 10.4. The average Bonchev–Trinajstić information content (AvgIpc) is 2.46. The van der Waals surface area contributed by atoms with Crippen LogP contribution in [0.3, 0.4) is 0 Å². The highest BCUT2D eigenvalue weighted by molar-refractivity contribution is 5.83. The molecule has 1 aromatic heterocycles. The number of anilines is 1. The molecule has 0 aliphatic rings. The molecule has 0 radical (unpaired) electrons. The third-order valence-corrected chi connectivity index (χ3v) is 3.26. The molecule has 4 heteroatoms. The normalized spacial score (nSPS) is 10.8. The van der Waals surface area contributed by atoms with Crippen LogP contribution in [0, 0.1) is 11.3 Å². The second kappa shape index (κ2) is 6.36. The molecule has 0 saturated carbocycles. The number of nitriles is 1. The van der Waals surface area contributed by atoms with Gasteiger partial charge in [0, 0.05) is 25.1 Å². The van der Waals surface area contributed by atoms with Crippen LogP contribution in [0.15, 0.2) is 30.3 Å². The van der Waals surface area contributed by atoms with Gasteiger partial charge in [-0.3, -0.25) is 0 Å². The minimum absolute atomic E-state index is 0.255. The molecule has 1 heterocycles. The molecule has 0 N–H and O–H groups in total. The Morgan fingerprint density at radius 2 is 2.10 bits per heavy atom. The Labute approximate surface area is 119 Å². The van der Waals surface area contributed by atoms with Crippen molar-refractivity contribution in [3.63, 3.8) is 0 Å². The van der Waals surface area contributed by atoms with Crippen LogP contribution in [0.5, 0.6) is 0 Å². The van der Waals surface area contributed by atoms with Crippen molar-refractivity contribution in [3.8, 4) is 6.07 Å². The Balaban J connectivity index is 2.52. The van der Waals surface area contributed by atoms with E-state index in [9.17, 15) is 5.26 Å². The number of nitrogens with zero attached hydrogens (tertiary/aromatic N) is 3. The summed E-state index contributed by atoms with van der Waals surface area (Å²) in [4.78, 5) is 6.77. The van der Waals surface area contributed by atoms with Gasteiger partial charge in [-0.2, -0.15) is 5.26 Å². The number of ether oxygens (including phenoxy) is 1. The highest BCUT2D eigenvalue weighted by atomic mass is 16.5. The number of benzene rings is 1. The van der Waals surface area contributed by atoms with Crippen LogP contribution in [-0.4, -0.2) is 31.3 Å². The largest absolute Gasteiger partial charge is 0.383 e. The second-order valence-corrected chi connectivity index (χ2v) is 4.94. The topological polar surface area (TPSA) is 49.1 Å². The van der Waals surface area contributed by atoms with Crippen LogP contribution in [0.2, 0.25) is 0 Å². The number of methoxy groups -OCH3 is 1. The van der Waals surface area contributed by atoms with E-state index in [1.165, 1.54) is 0 Å². The summed E-state index contributed by atoms with van der Waals surface area (Å²) in [7, 11) is 1.68. The number of hydrogen-bond donors (Lipinski definition) is 0. The molecule has 0 atom stereocenters. The first-order valence-corrected chi connectivity index (χ1v) is 6.73. The number of aromatic nitrogens is 1. The number of fused-ring (bicyclic) bond motifs is 1. The summed E-state index contributed by atoms with van der Waals surface area (Å²) >= 11 is 0. The molecule has 0 fully saturated rings. The van der Waals surface area contributed by atoms with Crippen LogP contribution in [0.4, 0.5) is 5.82 Å². The minimum Gasteiger partial charge on any atom is -0.383 e. The molecule has 4 nitrogen and oxygen atoms in total. The Kier molecular flexibility index (Phi) is 4.54. The highest BCUT2D eigenvalue weighted by Gasteiger charge is 2.17. The van der Waals surface area contributed by atoms with E-state index in [2.05, 4.69) is 29.8 Å². The van der Waals surface area contributed by atoms with Crippen LogP contribution in [0.25, 0.3) is 10.9 Å². The van der Waals surface area contributed by atoms with Crippen molar-refractivity contribution in [2.75, 3.05) is 25.2 Å². The van der Waals surface area contributed by atoms with Gasteiger partial charge in [-0.25, -0.2) is 4.98 Å². The number of para-hydroxylation sites is 1. The third kappa shape index (κ3) is 2.89. The van der Waals surface area contributed by atoms with Gasteiger partial charge in [0.15, 0.2) is 0 Å². The molecule has 0 saturated heterocycles. The van der Waals surface area contributed by atoms with Gasteiger partial charge in [-0.15, -0.1) is 0 Å². The SMILES string of the molecule is COCCN(c1nc2ccccc2cc1C#N)C(C)C. The Morgan fingerprint density at radius 3 is 2.75 bits per heavy atom. The lowest BCUT2D eigenvalue weighted by Crippen LogP contribution is -2.35. The van der Waals surface area contributed by atoms with Gasteiger partial charge in [0.2, 0.25) is 0 Å². The first-order valence-electron chi connectivity index (χ1n) is 6.73. The van der Waals surface area contributed by atoms with E-state index in [1.807, 2.05) is 30.3 Å². The van der Waals surface area contributed by atoms with Crippen molar-refractivity contribution in [2.45, 2.75) is 19.9 Å². The van der Waals surface area contributed by atoms with Crippen molar-refractivity contribution in [1.29, 1.82) is 5.26 Å². The molecule has 0 unspecified atom stereocenters. The molecule has 0 spiro atoms. The van der Waals surface area contributed by atoms with Gasteiger partial charge in [0.25, 0.3) is 0 Å². The van der Waals surface area contributed by atoms with Gasteiger partial charge in [-0.05, 0) is 26.0 Å². The van der Waals surface area contributed by atoms with Gasteiger partial charge in [0.1, 0.15) is 11.9 Å². The zero-order chi connectivity index (χ0) is 14.5. The summed E-state index contributed by atoms with van der Waals surface area (Å²) < 4.78 is 5.15. The Bertz CT molecular complexity index is 631. The van der Waals surface area contributed by atoms with E-state index >= 15 is 0 Å². The van der Waals surface area contributed by atoms with Crippen LogP contribution in [0.1, 0.15) is 19.4 Å². The van der Waals surface area contributed by atoms with Crippen LogP contribution < -0.4 is 4.90 Å². The molecule has 1 aromatic carbocycles. The van der Waals surface area contributed by atoms with E-state index in [0.29, 0.717) is 18.7 Å². The lowest BCUT2D eigenvalue weighted by atomic mass is 10.1. The Hall–Kier alpha value is -2.12. The molecule has 2 aromatic rings. The van der Waals surface area contributed by atoms with E-state index < -0.39 is 0 Å². The second-order valence-electron chi connectivity index (χ2n) is 4.94. The van der Waals surface area contributed by atoms with Crippen LogP contribution >= 0.6 is 0 Å². The zero-order valence-corrected chi connectivity index (χ0v) is 12.1. The molecular weight excluding hydrogens is 250 g/mol. The monoisotopic (exact) mass is 269 g/mol. The zero-order valence-electron chi connectivity index (χ0n) is 12.1. The first-order chi connectivity index (χ1) is 9.67. The number of hydrogen-bond acceptors (Lipinski definition) is 4. The van der Waals surface area contributed by atoms with E-state index in [4.69, 9.17) is 4.74 Å². The predicted molar refractivity (Wildman–Crippen MR) is 80.8 cm³/mol. The summed E-state index contributed by atoms with van der Waals surface area (Å²) in [5.41, 5.74) is 1.51. The highest BCUT2D eigenvalue weighted by Crippen LogP contribution is 2.24. The number of pyridine rings is 1. The lowest BCUT2D eigenvalue weighted by Gasteiger charge is -2.28. The lowest BCUT2D eigenvalue weighted by molar-refractivity contribution is 0.203. The summed E-state index contributed by atoms with van der Waals surface area (Å²) in [5.74, 6) is 0.734. The Morgan fingerprint density at radius 1 is 1.35 bits per heavy atom. The van der Waals surface area contributed by atoms with Crippen molar-refractivity contribution in [1.82, 2.24) is 4.98 Å².